The highest BCUT2D eigenvalue weighted by Crippen LogP contribution is 2.36. The quantitative estimate of drug-likeness (QED) is 0.458. The van der Waals surface area contributed by atoms with E-state index in [2.05, 4.69) is 4.72 Å². The number of rotatable bonds is 7. The molecule has 0 aliphatic rings. The lowest BCUT2D eigenvalue weighted by Gasteiger charge is -2.16. The van der Waals surface area contributed by atoms with Crippen LogP contribution in [0.5, 0.6) is 5.75 Å². The molecule has 0 aliphatic carbocycles. The highest BCUT2D eigenvalue weighted by atomic mass is 35.5. The van der Waals surface area contributed by atoms with Crippen molar-refractivity contribution in [3.8, 4) is 16.9 Å². The second-order valence-corrected chi connectivity index (χ2v) is 8.74. The summed E-state index contributed by atoms with van der Waals surface area (Å²) in [7, 11) is -3.15. The highest BCUT2D eigenvalue weighted by molar-refractivity contribution is 7.92. The maximum Gasteiger partial charge on any atom is 0.335 e. The molecule has 0 saturated carbocycles. The maximum absolute atomic E-state index is 14.8. The van der Waals surface area contributed by atoms with Crippen molar-refractivity contribution in [1.82, 2.24) is 0 Å². The summed E-state index contributed by atoms with van der Waals surface area (Å²) in [5.74, 6) is -2.09. The van der Waals surface area contributed by atoms with Crippen LogP contribution in [-0.4, -0.2) is 26.6 Å². The molecule has 3 aromatic carbocycles. The summed E-state index contributed by atoms with van der Waals surface area (Å²) >= 11 is 6.05. The van der Waals surface area contributed by atoms with Gasteiger partial charge in [0, 0.05) is 11.1 Å². The third kappa shape index (κ3) is 4.76. The number of carbonyl (C=O) groups is 1. The Balaban J connectivity index is 2.18. The second kappa shape index (κ2) is 9.42. The largest absolute Gasteiger partial charge is 0.494 e. The molecule has 0 heterocycles. The van der Waals surface area contributed by atoms with E-state index in [1.165, 1.54) is 19.2 Å². The van der Waals surface area contributed by atoms with Crippen LogP contribution >= 0.6 is 11.6 Å². The molecule has 0 unspecified atom stereocenters. The third-order valence-electron chi connectivity index (χ3n) is 4.56. The number of anilines is 1. The Bertz CT molecular complexity index is 1310. The van der Waals surface area contributed by atoms with Crippen LogP contribution in [0.15, 0.2) is 65.6 Å². The number of ether oxygens (including phenoxy) is 1. The van der Waals surface area contributed by atoms with Crippen LogP contribution in [0.25, 0.3) is 17.2 Å². The lowest BCUT2D eigenvalue weighted by atomic mass is 10.0. The fourth-order valence-electron chi connectivity index (χ4n) is 3.12. The van der Waals surface area contributed by atoms with Crippen molar-refractivity contribution in [2.24, 2.45) is 0 Å². The van der Waals surface area contributed by atoms with E-state index in [0.29, 0.717) is 5.56 Å². The van der Waals surface area contributed by atoms with Gasteiger partial charge in [-0.25, -0.2) is 17.6 Å². The van der Waals surface area contributed by atoms with Crippen LogP contribution in [0.1, 0.15) is 22.8 Å². The van der Waals surface area contributed by atoms with E-state index in [1.807, 2.05) is 0 Å². The minimum Gasteiger partial charge on any atom is -0.494 e. The molecule has 0 amide bonds. The number of nitrogens with one attached hydrogen (secondary N) is 1. The van der Waals surface area contributed by atoms with E-state index in [-0.39, 0.29) is 33.1 Å². The summed E-state index contributed by atoms with van der Waals surface area (Å²) < 4.78 is 48.8. The van der Waals surface area contributed by atoms with Crippen LogP contribution in [-0.2, 0) is 10.0 Å². The predicted octanol–water partition coefficient (Wildman–Crippen LogP) is 5.69. The molecule has 0 spiro atoms. The summed E-state index contributed by atoms with van der Waals surface area (Å²) in [5, 5.41) is 9.12. The van der Waals surface area contributed by atoms with Crippen molar-refractivity contribution in [2.75, 3.05) is 11.8 Å². The lowest BCUT2D eigenvalue weighted by molar-refractivity contribution is 0.0696. The van der Waals surface area contributed by atoms with Gasteiger partial charge in [-0.15, -0.1) is 0 Å². The molecule has 0 bridgehead atoms. The summed E-state index contributed by atoms with van der Waals surface area (Å²) in [6.45, 7) is 1.71. The Morgan fingerprint density at radius 2 is 1.84 bits per heavy atom. The number of carboxylic acids is 1. The topological polar surface area (TPSA) is 92.7 Å². The van der Waals surface area contributed by atoms with Crippen molar-refractivity contribution in [3.63, 3.8) is 0 Å². The predicted molar refractivity (Wildman–Crippen MR) is 122 cm³/mol. The van der Waals surface area contributed by atoms with Crippen molar-refractivity contribution in [3.05, 3.63) is 82.6 Å². The number of benzene rings is 3. The number of methoxy groups -OCH3 is 1. The van der Waals surface area contributed by atoms with E-state index in [4.69, 9.17) is 16.3 Å². The average molecular weight is 476 g/mol. The zero-order chi connectivity index (χ0) is 23.5. The molecule has 3 rings (SSSR count). The molecule has 0 aromatic heterocycles. The zero-order valence-corrected chi connectivity index (χ0v) is 18.7. The van der Waals surface area contributed by atoms with Crippen LogP contribution in [0.3, 0.4) is 0 Å². The minimum atomic E-state index is -4.37. The maximum atomic E-state index is 14.8. The number of hydrogen-bond acceptors (Lipinski definition) is 4. The first-order chi connectivity index (χ1) is 15.2. The van der Waals surface area contributed by atoms with Crippen LogP contribution in [0, 0.1) is 5.82 Å². The van der Waals surface area contributed by atoms with Crippen molar-refractivity contribution < 1.29 is 27.4 Å². The molecule has 0 aliphatic heterocycles. The van der Waals surface area contributed by atoms with Crippen molar-refractivity contribution in [2.45, 2.75) is 11.8 Å². The fraction of sp³-hybridized carbons (Fsp3) is 0.0870. The SMILES string of the molecule is C/C=C/c1cc(F)c(-c2ccccc2)cc1NS(=O)(=O)c1cc(C(=O)O)cc(Cl)c1OC. The minimum absolute atomic E-state index is 0.0993. The van der Waals surface area contributed by atoms with E-state index < -0.39 is 26.7 Å². The average Bonchev–Trinajstić information content (AvgIpc) is 2.75. The Kier molecular flexibility index (Phi) is 6.86. The number of carboxylic acid groups (broad SMARTS) is 1. The Hall–Kier alpha value is -3.36. The van der Waals surface area contributed by atoms with Crippen molar-refractivity contribution in [1.29, 1.82) is 0 Å². The van der Waals surface area contributed by atoms with Gasteiger partial charge in [0.2, 0.25) is 0 Å². The summed E-state index contributed by atoms with van der Waals surface area (Å²) in [6, 6.07) is 13.3. The van der Waals surface area contributed by atoms with Gasteiger partial charge in [-0.1, -0.05) is 54.1 Å². The molecular formula is C23H19ClFNO5S. The van der Waals surface area contributed by atoms with Gasteiger partial charge in [0.25, 0.3) is 10.0 Å². The number of halogens is 2. The summed E-state index contributed by atoms with van der Waals surface area (Å²) in [6.07, 6.45) is 3.19. The van der Waals surface area contributed by atoms with Gasteiger partial charge in [0.05, 0.1) is 23.4 Å². The van der Waals surface area contributed by atoms with E-state index in [9.17, 15) is 22.7 Å². The smallest absolute Gasteiger partial charge is 0.335 e. The number of aromatic carboxylic acids is 1. The van der Waals surface area contributed by atoms with Crippen LogP contribution in [0.4, 0.5) is 10.1 Å². The fourth-order valence-corrected chi connectivity index (χ4v) is 4.77. The first kappa shape index (κ1) is 23.3. The molecule has 9 heteroatoms. The summed E-state index contributed by atoms with van der Waals surface area (Å²) in [5.41, 5.74) is 0.815. The molecule has 0 fully saturated rings. The van der Waals surface area contributed by atoms with E-state index >= 15 is 0 Å². The molecule has 3 aromatic rings. The summed E-state index contributed by atoms with van der Waals surface area (Å²) in [4.78, 5) is 10.9. The first-order valence-electron chi connectivity index (χ1n) is 9.33. The van der Waals surface area contributed by atoms with E-state index in [0.717, 1.165) is 12.1 Å². The Morgan fingerprint density at radius 1 is 1.16 bits per heavy atom. The molecular weight excluding hydrogens is 457 g/mol. The number of allylic oxidation sites excluding steroid dienone is 1. The van der Waals surface area contributed by atoms with Gasteiger partial charge in [-0.2, -0.15) is 0 Å². The molecule has 2 N–H and O–H groups in total. The number of hydrogen-bond donors (Lipinski definition) is 2. The van der Waals surface area contributed by atoms with E-state index in [1.54, 1.807) is 49.4 Å². The van der Waals surface area contributed by atoms with Crippen LogP contribution < -0.4 is 9.46 Å². The zero-order valence-electron chi connectivity index (χ0n) is 17.1. The van der Waals surface area contributed by atoms with Crippen LogP contribution in [0.2, 0.25) is 5.02 Å². The van der Waals surface area contributed by atoms with Gasteiger partial charge in [-0.05, 0) is 36.8 Å². The molecule has 166 valence electrons. The lowest BCUT2D eigenvalue weighted by Crippen LogP contribution is -2.16. The molecule has 6 nitrogen and oxygen atoms in total. The molecule has 0 radical (unpaired) electrons. The second-order valence-electron chi connectivity index (χ2n) is 6.69. The van der Waals surface area contributed by atoms with Gasteiger partial charge < -0.3 is 9.84 Å². The first-order valence-corrected chi connectivity index (χ1v) is 11.2. The van der Waals surface area contributed by atoms with Gasteiger partial charge >= 0.3 is 5.97 Å². The Morgan fingerprint density at radius 3 is 2.44 bits per heavy atom. The highest BCUT2D eigenvalue weighted by Gasteiger charge is 2.26. The van der Waals surface area contributed by atoms with Gasteiger partial charge in [0.15, 0.2) is 5.75 Å². The normalized spacial score (nSPS) is 11.5. The van der Waals surface area contributed by atoms with Crippen molar-refractivity contribution >= 4 is 39.4 Å². The van der Waals surface area contributed by atoms with Gasteiger partial charge in [-0.3, -0.25) is 4.72 Å². The third-order valence-corrected chi connectivity index (χ3v) is 6.22. The monoisotopic (exact) mass is 475 g/mol. The Labute approximate surface area is 190 Å². The standard InChI is InChI=1S/C23H19ClFNO5S/c1-3-7-15-11-19(25)17(14-8-5-4-6-9-14)13-20(15)26-32(29,30)21-12-16(23(27)28)10-18(24)22(21)31-2/h3-13,26H,1-2H3,(H,27,28)/b7-3+. The molecule has 0 saturated heterocycles. The number of sulfonamides is 1. The molecule has 32 heavy (non-hydrogen) atoms. The van der Waals surface area contributed by atoms with Gasteiger partial charge in [0.1, 0.15) is 10.7 Å². The molecule has 0 atom stereocenters.